The molecule has 2 aromatic carbocycles. The van der Waals surface area contributed by atoms with Gasteiger partial charge >= 0.3 is 12.1 Å². The SMILES string of the molecule is Cc1cccc2c1N(CC(=O)N1CC3CCC(CC3)C1)C(=O)[C@H](N)N=C2c1ccccc1F.O=C(O)C(F)(F)F. The van der Waals surface area contributed by atoms with E-state index in [1.54, 1.807) is 18.2 Å². The number of carbonyl (C=O) groups excluding carboxylic acids is 2. The smallest absolute Gasteiger partial charge is 0.475 e. The van der Waals surface area contributed by atoms with Gasteiger partial charge in [-0.25, -0.2) is 9.18 Å². The summed E-state index contributed by atoms with van der Waals surface area (Å²) in [5, 5.41) is 7.12. The minimum Gasteiger partial charge on any atom is -0.475 e. The van der Waals surface area contributed by atoms with Crippen molar-refractivity contribution >= 4 is 29.2 Å². The van der Waals surface area contributed by atoms with Crippen LogP contribution in [0.25, 0.3) is 0 Å². The van der Waals surface area contributed by atoms with E-state index in [0.29, 0.717) is 28.8 Å². The fourth-order valence-electron chi connectivity index (χ4n) is 5.50. The highest BCUT2D eigenvalue weighted by atomic mass is 19.4. The number of amides is 2. The summed E-state index contributed by atoms with van der Waals surface area (Å²) in [7, 11) is 0. The van der Waals surface area contributed by atoms with E-state index in [0.717, 1.165) is 18.7 Å². The Hall–Kier alpha value is -3.80. The van der Waals surface area contributed by atoms with Crippen molar-refractivity contribution in [1.29, 1.82) is 0 Å². The van der Waals surface area contributed by atoms with E-state index in [1.165, 1.54) is 36.6 Å². The van der Waals surface area contributed by atoms with Crippen molar-refractivity contribution in [3.8, 4) is 0 Å². The Morgan fingerprint density at radius 1 is 1.00 bits per heavy atom. The quantitative estimate of drug-likeness (QED) is 0.551. The van der Waals surface area contributed by atoms with Gasteiger partial charge in [-0.15, -0.1) is 0 Å². The van der Waals surface area contributed by atoms with Crippen LogP contribution >= 0.6 is 0 Å². The highest BCUT2D eigenvalue weighted by Gasteiger charge is 2.38. The number of aliphatic imine (C=N–C) groups is 1. The molecule has 0 radical (unpaired) electrons. The maximum Gasteiger partial charge on any atom is 0.490 e. The molecule has 12 heteroatoms. The first-order chi connectivity index (χ1) is 18.9. The predicted molar refractivity (Wildman–Crippen MR) is 139 cm³/mol. The maximum absolute atomic E-state index is 14.7. The Morgan fingerprint density at radius 3 is 2.10 bits per heavy atom. The molecule has 3 aliphatic heterocycles. The number of para-hydroxylation sites is 1. The van der Waals surface area contributed by atoms with Gasteiger partial charge in [-0.1, -0.05) is 30.3 Å². The normalized spacial score (nSPS) is 22.4. The number of fused-ring (bicyclic) bond motifs is 5. The van der Waals surface area contributed by atoms with Crippen molar-refractivity contribution in [2.45, 2.75) is 44.9 Å². The van der Waals surface area contributed by atoms with Crippen LogP contribution in [0.1, 0.15) is 42.4 Å². The molecule has 2 bridgehead atoms. The zero-order valence-corrected chi connectivity index (χ0v) is 21.8. The number of benzene rings is 2. The van der Waals surface area contributed by atoms with Crippen molar-refractivity contribution in [2.24, 2.45) is 22.6 Å². The van der Waals surface area contributed by atoms with Crippen LogP contribution in [0.3, 0.4) is 0 Å². The van der Waals surface area contributed by atoms with Crippen molar-refractivity contribution < 1.29 is 37.1 Å². The van der Waals surface area contributed by atoms with Crippen LogP contribution < -0.4 is 10.6 Å². The fourth-order valence-corrected chi connectivity index (χ4v) is 5.50. The second-order valence-corrected chi connectivity index (χ2v) is 10.3. The largest absolute Gasteiger partial charge is 0.490 e. The lowest BCUT2D eigenvalue weighted by molar-refractivity contribution is -0.192. The highest BCUT2D eigenvalue weighted by Crippen LogP contribution is 2.35. The maximum atomic E-state index is 14.7. The fraction of sp³-hybridized carbons (Fsp3) is 0.429. The van der Waals surface area contributed by atoms with E-state index in [-0.39, 0.29) is 18.0 Å². The molecule has 8 nitrogen and oxygen atoms in total. The summed E-state index contributed by atoms with van der Waals surface area (Å²) in [5.41, 5.74) is 8.78. The number of nitrogens with two attached hydrogens (primary N) is 1. The molecule has 1 saturated carbocycles. The number of hydrogen-bond donors (Lipinski definition) is 2. The van der Waals surface area contributed by atoms with Crippen LogP contribution in [-0.2, 0) is 14.4 Å². The summed E-state index contributed by atoms with van der Waals surface area (Å²) in [6.07, 6.45) is -1.62. The van der Waals surface area contributed by atoms with Gasteiger partial charge < -0.3 is 15.7 Å². The van der Waals surface area contributed by atoms with Crippen molar-refractivity contribution in [3.63, 3.8) is 0 Å². The third-order valence-corrected chi connectivity index (χ3v) is 7.49. The van der Waals surface area contributed by atoms with E-state index in [9.17, 15) is 27.2 Å². The van der Waals surface area contributed by atoms with E-state index in [1.807, 2.05) is 30.0 Å². The van der Waals surface area contributed by atoms with Crippen molar-refractivity contribution in [3.05, 3.63) is 65.0 Å². The standard InChI is InChI=1S/C26H29FN4O2.C2HF3O2/c1-16-5-4-7-20-23(19-6-2-3-8-21(19)27)29-25(28)26(33)31(24(16)20)15-22(32)30-13-17-9-10-18(14-30)12-11-17;3-2(4,5)1(6)7/h2-8,17-18,25H,9-15,28H2,1H3;(H,6,7)/t17?,18?,25-;/m1./s1. The van der Waals surface area contributed by atoms with Crippen molar-refractivity contribution in [2.75, 3.05) is 24.5 Å². The van der Waals surface area contributed by atoms with Crippen LogP contribution in [0.15, 0.2) is 47.5 Å². The van der Waals surface area contributed by atoms with Crippen LogP contribution in [0.2, 0.25) is 0 Å². The van der Waals surface area contributed by atoms with Gasteiger partial charge in [-0.05, 0) is 62.1 Å². The molecule has 0 aromatic heterocycles. The van der Waals surface area contributed by atoms with Crippen LogP contribution in [0, 0.1) is 24.6 Å². The molecule has 3 fully saturated rings. The van der Waals surface area contributed by atoms with E-state index in [4.69, 9.17) is 15.6 Å². The number of carboxylic acid groups (broad SMARTS) is 1. The van der Waals surface area contributed by atoms with Gasteiger partial charge in [0.1, 0.15) is 12.4 Å². The molecule has 3 N–H and O–H groups in total. The number of alkyl halides is 3. The average Bonchev–Trinajstić information content (AvgIpc) is 3.28. The number of rotatable bonds is 3. The molecule has 2 amide bonds. The first kappa shape index (κ1) is 29.2. The first-order valence-electron chi connectivity index (χ1n) is 12.9. The van der Waals surface area contributed by atoms with Crippen LogP contribution in [-0.4, -0.2) is 65.5 Å². The van der Waals surface area contributed by atoms with E-state index in [2.05, 4.69) is 4.99 Å². The third-order valence-electron chi connectivity index (χ3n) is 7.49. The van der Waals surface area contributed by atoms with Gasteiger partial charge in [-0.2, -0.15) is 13.2 Å². The topological polar surface area (TPSA) is 116 Å². The Bertz CT molecular complexity index is 1310. The zero-order chi connectivity index (χ0) is 29.2. The summed E-state index contributed by atoms with van der Waals surface area (Å²) >= 11 is 0. The number of hydrogen-bond acceptors (Lipinski definition) is 5. The lowest BCUT2D eigenvalue weighted by Crippen LogP contribution is -2.49. The number of carbonyl (C=O) groups is 3. The summed E-state index contributed by atoms with van der Waals surface area (Å²) in [6.45, 7) is 3.29. The van der Waals surface area contributed by atoms with Crippen LogP contribution in [0.5, 0.6) is 0 Å². The average molecular weight is 563 g/mol. The molecule has 214 valence electrons. The molecule has 40 heavy (non-hydrogen) atoms. The predicted octanol–water partition coefficient (Wildman–Crippen LogP) is 3.88. The second kappa shape index (κ2) is 11.7. The number of halogens is 4. The first-order valence-corrected chi connectivity index (χ1v) is 12.9. The van der Waals surface area contributed by atoms with Gasteiger partial charge in [0.05, 0.1) is 11.4 Å². The van der Waals surface area contributed by atoms with E-state index >= 15 is 0 Å². The molecular formula is C28H30F4N4O4. The molecule has 6 rings (SSSR count). The Morgan fingerprint density at radius 2 is 1.55 bits per heavy atom. The lowest BCUT2D eigenvalue weighted by atomic mass is 9.84. The minimum atomic E-state index is -5.08. The molecule has 1 atom stereocenters. The monoisotopic (exact) mass is 562 g/mol. The van der Waals surface area contributed by atoms with Gasteiger partial charge in [0.15, 0.2) is 6.17 Å². The number of nitrogens with zero attached hydrogens (tertiary/aromatic N) is 3. The molecular weight excluding hydrogens is 532 g/mol. The Kier molecular flexibility index (Phi) is 8.57. The lowest BCUT2D eigenvalue weighted by Gasteiger charge is -2.29. The van der Waals surface area contributed by atoms with Crippen molar-refractivity contribution in [1.82, 2.24) is 4.90 Å². The van der Waals surface area contributed by atoms with Crippen LogP contribution in [0.4, 0.5) is 23.2 Å². The number of aryl methyl sites for hydroxylation is 1. The number of aliphatic carboxylic acids is 1. The molecule has 0 spiro atoms. The number of carboxylic acids is 1. The molecule has 1 aliphatic carbocycles. The molecule has 4 aliphatic rings. The summed E-state index contributed by atoms with van der Waals surface area (Å²) < 4.78 is 46.4. The Balaban J connectivity index is 0.000000470. The Labute approximate surface area is 228 Å². The molecule has 0 unspecified atom stereocenters. The molecule has 3 heterocycles. The minimum absolute atomic E-state index is 0.0714. The number of anilines is 1. The zero-order valence-electron chi connectivity index (χ0n) is 21.8. The van der Waals surface area contributed by atoms with Gasteiger partial charge in [0.2, 0.25) is 5.91 Å². The second-order valence-electron chi connectivity index (χ2n) is 10.3. The van der Waals surface area contributed by atoms with Gasteiger partial charge in [-0.3, -0.25) is 19.5 Å². The van der Waals surface area contributed by atoms with E-state index < -0.39 is 30.0 Å². The summed E-state index contributed by atoms with van der Waals surface area (Å²) in [6, 6.07) is 11.9. The van der Waals surface area contributed by atoms with Gasteiger partial charge in [0.25, 0.3) is 5.91 Å². The number of benzodiazepines with no additional fused rings is 1. The summed E-state index contributed by atoms with van der Waals surface area (Å²) in [5.74, 6) is -2.64. The molecule has 2 saturated heterocycles. The highest BCUT2D eigenvalue weighted by molar-refractivity contribution is 6.21. The third kappa shape index (κ3) is 6.33. The molecule has 2 aromatic rings. The van der Waals surface area contributed by atoms with Gasteiger partial charge in [0, 0.05) is 24.2 Å². The summed E-state index contributed by atoms with van der Waals surface area (Å²) in [4.78, 5) is 43.5.